The molecule has 1 N–H and O–H groups in total. The summed E-state index contributed by atoms with van der Waals surface area (Å²) in [5, 5.41) is 10.5. The van der Waals surface area contributed by atoms with E-state index < -0.39 is 23.5 Å². The lowest BCUT2D eigenvalue weighted by atomic mass is 9.76. The SMILES string of the molecule is CCOC(=O)C(O)(C(=O)OCC)C1CCCCC1. The van der Waals surface area contributed by atoms with Gasteiger partial charge < -0.3 is 14.6 Å². The first-order chi connectivity index (χ1) is 8.57. The number of carbonyl (C=O) groups excluding carboxylic acids is 2. The fraction of sp³-hybridized carbons (Fsp3) is 0.846. The Hall–Kier alpha value is -1.10. The molecule has 104 valence electrons. The zero-order valence-electron chi connectivity index (χ0n) is 11.1. The highest BCUT2D eigenvalue weighted by atomic mass is 16.6. The van der Waals surface area contributed by atoms with Crippen LogP contribution in [-0.4, -0.2) is 35.9 Å². The van der Waals surface area contributed by atoms with Crippen molar-refractivity contribution in [3.8, 4) is 0 Å². The number of aliphatic hydroxyl groups is 1. The minimum absolute atomic E-state index is 0.132. The number of ether oxygens (including phenoxy) is 2. The summed E-state index contributed by atoms with van der Waals surface area (Å²) in [4.78, 5) is 23.8. The van der Waals surface area contributed by atoms with E-state index in [1.807, 2.05) is 0 Å². The smallest absolute Gasteiger partial charge is 0.350 e. The lowest BCUT2D eigenvalue weighted by Gasteiger charge is -2.33. The van der Waals surface area contributed by atoms with Crippen molar-refractivity contribution < 1.29 is 24.2 Å². The molecule has 0 heterocycles. The number of rotatable bonds is 5. The van der Waals surface area contributed by atoms with E-state index in [2.05, 4.69) is 0 Å². The summed E-state index contributed by atoms with van der Waals surface area (Å²) in [5.41, 5.74) is -2.13. The topological polar surface area (TPSA) is 72.8 Å². The molecule has 5 heteroatoms. The van der Waals surface area contributed by atoms with Crippen LogP contribution in [0.1, 0.15) is 46.0 Å². The van der Waals surface area contributed by atoms with Gasteiger partial charge in [0, 0.05) is 5.92 Å². The fourth-order valence-corrected chi connectivity index (χ4v) is 2.42. The molecule has 0 atom stereocenters. The Morgan fingerprint density at radius 2 is 1.50 bits per heavy atom. The number of hydrogen-bond acceptors (Lipinski definition) is 5. The van der Waals surface area contributed by atoms with Gasteiger partial charge in [0.15, 0.2) is 0 Å². The van der Waals surface area contributed by atoms with E-state index in [0.717, 1.165) is 19.3 Å². The first-order valence-electron chi connectivity index (χ1n) is 6.64. The van der Waals surface area contributed by atoms with Crippen molar-refractivity contribution in [3.63, 3.8) is 0 Å². The van der Waals surface area contributed by atoms with E-state index in [9.17, 15) is 14.7 Å². The second-order valence-electron chi connectivity index (χ2n) is 4.54. The second kappa shape index (κ2) is 6.73. The summed E-state index contributed by atoms with van der Waals surface area (Å²) < 4.78 is 9.68. The zero-order valence-corrected chi connectivity index (χ0v) is 11.1. The Labute approximate surface area is 107 Å². The average Bonchev–Trinajstić information content (AvgIpc) is 2.39. The molecule has 0 spiro atoms. The molecule has 0 unspecified atom stereocenters. The summed E-state index contributed by atoms with van der Waals surface area (Å²) in [7, 11) is 0. The van der Waals surface area contributed by atoms with Gasteiger partial charge in [-0.3, -0.25) is 0 Å². The molecule has 5 nitrogen and oxygen atoms in total. The molecule has 1 rings (SSSR count). The van der Waals surface area contributed by atoms with Crippen LogP contribution >= 0.6 is 0 Å². The van der Waals surface area contributed by atoms with Gasteiger partial charge in [-0.1, -0.05) is 19.3 Å². The van der Waals surface area contributed by atoms with Crippen LogP contribution in [0.3, 0.4) is 0 Å². The fourth-order valence-electron chi connectivity index (χ4n) is 2.42. The van der Waals surface area contributed by atoms with Gasteiger partial charge in [-0.05, 0) is 26.7 Å². The predicted octanol–water partition coefficient (Wildman–Crippen LogP) is 1.42. The van der Waals surface area contributed by atoms with Crippen molar-refractivity contribution in [2.24, 2.45) is 5.92 Å². The third-order valence-corrected chi connectivity index (χ3v) is 3.37. The van der Waals surface area contributed by atoms with Crippen molar-refractivity contribution in [1.29, 1.82) is 0 Å². The molecule has 0 bridgehead atoms. The minimum Gasteiger partial charge on any atom is -0.463 e. The standard InChI is InChI=1S/C13H22O5/c1-3-17-11(14)13(16,12(15)18-4-2)10-8-6-5-7-9-10/h10,16H,3-9H2,1-2H3. The molecule has 18 heavy (non-hydrogen) atoms. The second-order valence-corrected chi connectivity index (χ2v) is 4.54. The van der Waals surface area contributed by atoms with Crippen LogP contribution in [-0.2, 0) is 19.1 Å². The van der Waals surface area contributed by atoms with E-state index in [4.69, 9.17) is 9.47 Å². The van der Waals surface area contributed by atoms with Gasteiger partial charge in [0.2, 0.25) is 0 Å². The molecule has 0 aliphatic heterocycles. The molecule has 1 saturated carbocycles. The molecule has 0 aromatic rings. The maximum absolute atomic E-state index is 11.9. The predicted molar refractivity (Wildman–Crippen MR) is 64.8 cm³/mol. The van der Waals surface area contributed by atoms with Gasteiger partial charge in [0.25, 0.3) is 5.60 Å². The van der Waals surface area contributed by atoms with E-state index in [1.165, 1.54) is 0 Å². The highest BCUT2D eigenvalue weighted by Gasteiger charge is 2.53. The van der Waals surface area contributed by atoms with Crippen LogP contribution in [0.5, 0.6) is 0 Å². The highest BCUT2D eigenvalue weighted by molar-refractivity contribution is 6.03. The lowest BCUT2D eigenvalue weighted by molar-refractivity contribution is -0.191. The van der Waals surface area contributed by atoms with E-state index >= 15 is 0 Å². The van der Waals surface area contributed by atoms with Gasteiger partial charge in [0.1, 0.15) is 0 Å². The third-order valence-electron chi connectivity index (χ3n) is 3.37. The van der Waals surface area contributed by atoms with E-state index in [0.29, 0.717) is 12.8 Å². The van der Waals surface area contributed by atoms with Crippen LogP contribution in [0.2, 0.25) is 0 Å². The monoisotopic (exact) mass is 258 g/mol. The van der Waals surface area contributed by atoms with Crippen LogP contribution in [0.25, 0.3) is 0 Å². The van der Waals surface area contributed by atoms with Gasteiger partial charge in [-0.15, -0.1) is 0 Å². The number of hydrogen-bond donors (Lipinski definition) is 1. The Balaban J connectivity index is 2.91. The molecule has 1 aliphatic rings. The summed E-state index contributed by atoms with van der Waals surface area (Å²) in [5.74, 6) is -2.16. The minimum atomic E-state index is -2.13. The zero-order chi connectivity index (χ0) is 13.6. The Morgan fingerprint density at radius 1 is 1.06 bits per heavy atom. The Morgan fingerprint density at radius 3 is 1.89 bits per heavy atom. The summed E-state index contributed by atoms with van der Waals surface area (Å²) in [6.07, 6.45) is 4.18. The highest BCUT2D eigenvalue weighted by Crippen LogP contribution is 2.34. The molecule has 1 fully saturated rings. The molecule has 0 aromatic heterocycles. The number of carbonyl (C=O) groups is 2. The van der Waals surface area contributed by atoms with Gasteiger partial charge in [0.05, 0.1) is 13.2 Å². The van der Waals surface area contributed by atoms with Crippen molar-refractivity contribution in [2.45, 2.75) is 51.6 Å². The summed E-state index contributed by atoms with van der Waals surface area (Å²) >= 11 is 0. The first-order valence-corrected chi connectivity index (χ1v) is 6.64. The average molecular weight is 258 g/mol. The molecule has 0 amide bonds. The van der Waals surface area contributed by atoms with E-state index in [1.54, 1.807) is 13.8 Å². The molecule has 0 saturated heterocycles. The van der Waals surface area contributed by atoms with Crippen LogP contribution < -0.4 is 0 Å². The van der Waals surface area contributed by atoms with Crippen molar-refractivity contribution >= 4 is 11.9 Å². The van der Waals surface area contributed by atoms with Crippen molar-refractivity contribution in [1.82, 2.24) is 0 Å². The third kappa shape index (κ3) is 3.02. The summed E-state index contributed by atoms with van der Waals surface area (Å²) in [6, 6.07) is 0. The molecule has 0 radical (unpaired) electrons. The van der Waals surface area contributed by atoms with Gasteiger partial charge >= 0.3 is 11.9 Å². The molecule has 0 aromatic carbocycles. The van der Waals surface area contributed by atoms with Crippen molar-refractivity contribution in [3.05, 3.63) is 0 Å². The summed E-state index contributed by atoms with van der Waals surface area (Å²) in [6.45, 7) is 3.55. The quantitative estimate of drug-likeness (QED) is 0.596. The lowest BCUT2D eigenvalue weighted by Crippen LogP contribution is -2.55. The van der Waals surface area contributed by atoms with Crippen LogP contribution in [0.15, 0.2) is 0 Å². The molecule has 1 aliphatic carbocycles. The first kappa shape index (κ1) is 15.0. The van der Waals surface area contributed by atoms with Gasteiger partial charge in [-0.25, -0.2) is 9.59 Å². The normalized spacial score (nSPS) is 17.3. The van der Waals surface area contributed by atoms with Crippen LogP contribution in [0, 0.1) is 5.92 Å². The number of esters is 2. The van der Waals surface area contributed by atoms with Crippen molar-refractivity contribution in [2.75, 3.05) is 13.2 Å². The maximum atomic E-state index is 11.9. The Kier molecular flexibility index (Phi) is 5.59. The largest absolute Gasteiger partial charge is 0.463 e. The maximum Gasteiger partial charge on any atom is 0.350 e. The van der Waals surface area contributed by atoms with E-state index in [-0.39, 0.29) is 13.2 Å². The Bertz CT molecular complexity index is 276. The molecular formula is C13H22O5. The molecular weight excluding hydrogens is 236 g/mol. The van der Waals surface area contributed by atoms with Gasteiger partial charge in [-0.2, -0.15) is 0 Å². The van der Waals surface area contributed by atoms with Crippen LogP contribution in [0.4, 0.5) is 0 Å².